The Hall–Kier alpha value is -0.610. The minimum Gasteiger partial charge on any atom is -0.393 e. The van der Waals surface area contributed by atoms with Crippen molar-refractivity contribution in [2.75, 3.05) is 19.6 Å². The number of hydrogen-bond donors (Lipinski definition) is 3. The highest BCUT2D eigenvalue weighted by atomic mass is 16.3. The standard InChI is InChI=1S/C10H20N2O2/c1-8(13)12-6-5-11-7-9-3-2-4-10(9)14/h9-11,14H,2-7H2,1H3,(H,12,13). The molecule has 2 unspecified atom stereocenters. The molecule has 0 aromatic carbocycles. The van der Waals surface area contributed by atoms with Crippen LogP contribution < -0.4 is 10.6 Å². The molecule has 4 heteroatoms. The Labute approximate surface area is 85.1 Å². The first-order valence-corrected chi connectivity index (χ1v) is 5.33. The molecule has 4 nitrogen and oxygen atoms in total. The Morgan fingerprint density at radius 3 is 2.79 bits per heavy atom. The molecule has 2 atom stereocenters. The van der Waals surface area contributed by atoms with Crippen molar-refractivity contribution in [1.82, 2.24) is 10.6 Å². The Morgan fingerprint density at radius 1 is 1.43 bits per heavy atom. The van der Waals surface area contributed by atoms with Crippen molar-refractivity contribution in [2.24, 2.45) is 5.92 Å². The number of rotatable bonds is 5. The molecule has 0 spiro atoms. The highest BCUT2D eigenvalue weighted by molar-refractivity contribution is 5.72. The van der Waals surface area contributed by atoms with Crippen molar-refractivity contribution < 1.29 is 9.90 Å². The fourth-order valence-electron chi connectivity index (χ4n) is 1.87. The van der Waals surface area contributed by atoms with Crippen LogP contribution in [0.25, 0.3) is 0 Å². The molecule has 0 saturated heterocycles. The van der Waals surface area contributed by atoms with Crippen molar-refractivity contribution in [3.8, 4) is 0 Å². The largest absolute Gasteiger partial charge is 0.393 e. The molecule has 0 bridgehead atoms. The molecule has 1 saturated carbocycles. The lowest BCUT2D eigenvalue weighted by molar-refractivity contribution is -0.118. The maximum atomic E-state index is 10.5. The third-order valence-corrected chi connectivity index (χ3v) is 2.70. The molecule has 1 fully saturated rings. The molecule has 0 heterocycles. The molecule has 1 amide bonds. The summed E-state index contributed by atoms with van der Waals surface area (Å²) in [7, 11) is 0. The van der Waals surface area contributed by atoms with Crippen LogP contribution >= 0.6 is 0 Å². The Bertz CT molecular complexity index is 185. The van der Waals surface area contributed by atoms with Crippen LogP contribution in [0.5, 0.6) is 0 Å². The van der Waals surface area contributed by atoms with Crippen molar-refractivity contribution in [1.29, 1.82) is 0 Å². The summed E-state index contributed by atoms with van der Waals surface area (Å²) in [6, 6.07) is 0. The van der Waals surface area contributed by atoms with Gasteiger partial charge in [-0.3, -0.25) is 4.79 Å². The summed E-state index contributed by atoms with van der Waals surface area (Å²) < 4.78 is 0. The highest BCUT2D eigenvalue weighted by Crippen LogP contribution is 2.24. The van der Waals surface area contributed by atoms with E-state index < -0.39 is 0 Å². The lowest BCUT2D eigenvalue weighted by Gasteiger charge is -2.14. The Balaban J connectivity index is 1.95. The third kappa shape index (κ3) is 4.07. The second-order valence-corrected chi connectivity index (χ2v) is 3.95. The number of amides is 1. The van der Waals surface area contributed by atoms with Gasteiger partial charge in [-0.05, 0) is 18.8 Å². The number of nitrogens with one attached hydrogen (secondary N) is 2. The highest BCUT2D eigenvalue weighted by Gasteiger charge is 2.24. The van der Waals surface area contributed by atoms with E-state index in [2.05, 4.69) is 10.6 Å². The molecule has 0 aromatic rings. The summed E-state index contributed by atoms with van der Waals surface area (Å²) >= 11 is 0. The van der Waals surface area contributed by atoms with E-state index in [1.54, 1.807) is 0 Å². The van der Waals surface area contributed by atoms with E-state index in [0.29, 0.717) is 12.5 Å². The van der Waals surface area contributed by atoms with Gasteiger partial charge in [0.15, 0.2) is 0 Å². The zero-order chi connectivity index (χ0) is 10.4. The number of aliphatic hydroxyl groups excluding tert-OH is 1. The van der Waals surface area contributed by atoms with Crippen LogP contribution in [0.1, 0.15) is 26.2 Å². The van der Waals surface area contributed by atoms with Gasteiger partial charge in [-0.15, -0.1) is 0 Å². The fourth-order valence-corrected chi connectivity index (χ4v) is 1.87. The van der Waals surface area contributed by atoms with E-state index in [1.807, 2.05) is 0 Å². The van der Waals surface area contributed by atoms with Crippen LogP contribution in [0.15, 0.2) is 0 Å². The molecule has 0 radical (unpaired) electrons. The molecule has 1 aliphatic rings. The molecule has 1 rings (SSSR count). The number of hydrogen-bond acceptors (Lipinski definition) is 3. The van der Waals surface area contributed by atoms with Crippen molar-refractivity contribution in [2.45, 2.75) is 32.3 Å². The Kier molecular flexibility index (Phi) is 4.90. The topological polar surface area (TPSA) is 61.4 Å². The van der Waals surface area contributed by atoms with Gasteiger partial charge in [0.2, 0.25) is 5.91 Å². The number of carbonyl (C=O) groups excluding carboxylic acids is 1. The predicted octanol–water partition coefficient (Wildman–Crippen LogP) is -0.127. The number of carbonyl (C=O) groups is 1. The summed E-state index contributed by atoms with van der Waals surface area (Å²) in [5, 5.41) is 15.5. The van der Waals surface area contributed by atoms with E-state index in [9.17, 15) is 9.90 Å². The molecule has 82 valence electrons. The normalized spacial score (nSPS) is 26.4. The van der Waals surface area contributed by atoms with Gasteiger partial charge in [0.05, 0.1) is 6.10 Å². The van der Waals surface area contributed by atoms with Gasteiger partial charge < -0.3 is 15.7 Å². The first-order chi connectivity index (χ1) is 6.70. The monoisotopic (exact) mass is 200 g/mol. The summed E-state index contributed by atoms with van der Waals surface area (Å²) in [6.07, 6.45) is 3.08. The first kappa shape index (κ1) is 11.5. The molecular weight excluding hydrogens is 180 g/mol. The van der Waals surface area contributed by atoms with Crippen LogP contribution in [0.2, 0.25) is 0 Å². The van der Waals surface area contributed by atoms with Gasteiger partial charge in [0.25, 0.3) is 0 Å². The average Bonchev–Trinajstić information content (AvgIpc) is 2.51. The lowest BCUT2D eigenvalue weighted by atomic mass is 10.1. The summed E-state index contributed by atoms with van der Waals surface area (Å²) in [6.45, 7) is 3.82. The molecule has 3 N–H and O–H groups in total. The van der Waals surface area contributed by atoms with E-state index in [0.717, 1.165) is 32.4 Å². The van der Waals surface area contributed by atoms with Crippen molar-refractivity contribution >= 4 is 5.91 Å². The van der Waals surface area contributed by atoms with Crippen LogP contribution in [-0.4, -0.2) is 36.8 Å². The second kappa shape index (κ2) is 5.98. The molecule has 1 aliphatic carbocycles. The van der Waals surface area contributed by atoms with Crippen LogP contribution in [-0.2, 0) is 4.79 Å². The molecular formula is C10H20N2O2. The van der Waals surface area contributed by atoms with Gasteiger partial charge in [0, 0.05) is 26.6 Å². The minimum atomic E-state index is -0.122. The van der Waals surface area contributed by atoms with Gasteiger partial charge in [-0.1, -0.05) is 6.42 Å². The SMILES string of the molecule is CC(=O)NCCNCC1CCCC1O. The maximum Gasteiger partial charge on any atom is 0.216 e. The Morgan fingerprint density at radius 2 is 2.21 bits per heavy atom. The van der Waals surface area contributed by atoms with Crippen LogP contribution in [0, 0.1) is 5.92 Å². The quantitative estimate of drug-likeness (QED) is 0.542. The summed E-state index contributed by atoms with van der Waals surface area (Å²) in [5.41, 5.74) is 0. The van der Waals surface area contributed by atoms with Gasteiger partial charge in [-0.25, -0.2) is 0 Å². The fraction of sp³-hybridized carbons (Fsp3) is 0.900. The first-order valence-electron chi connectivity index (χ1n) is 5.33. The summed E-state index contributed by atoms with van der Waals surface area (Å²) in [4.78, 5) is 10.5. The van der Waals surface area contributed by atoms with Gasteiger partial charge >= 0.3 is 0 Å². The van der Waals surface area contributed by atoms with E-state index >= 15 is 0 Å². The summed E-state index contributed by atoms with van der Waals surface area (Å²) in [5.74, 6) is 0.417. The van der Waals surface area contributed by atoms with Crippen LogP contribution in [0.4, 0.5) is 0 Å². The van der Waals surface area contributed by atoms with Crippen LogP contribution in [0.3, 0.4) is 0 Å². The third-order valence-electron chi connectivity index (χ3n) is 2.70. The van der Waals surface area contributed by atoms with Crippen molar-refractivity contribution in [3.63, 3.8) is 0 Å². The maximum absolute atomic E-state index is 10.5. The minimum absolute atomic E-state index is 0.00713. The lowest BCUT2D eigenvalue weighted by Crippen LogP contribution is -2.34. The second-order valence-electron chi connectivity index (χ2n) is 3.95. The van der Waals surface area contributed by atoms with E-state index in [-0.39, 0.29) is 12.0 Å². The zero-order valence-corrected chi connectivity index (χ0v) is 8.75. The van der Waals surface area contributed by atoms with Gasteiger partial charge in [-0.2, -0.15) is 0 Å². The average molecular weight is 200 g/mol. The van der Waals surface area contributed by atoms with E-state index in [1.165, 1.54) is 6.92 Å². The van der Waals surface area contributed by atoms with E-state index in [4.69, 9.17) is 0 Å². The smallest absolute Gasteiger partial charge is 0.216 e. The van der Waals surface area contributed by atoms with Gasteiger partial charge in [0.1, 0.15) is 0 Å². The zero-order valence-electron chi connectivity index (χ0n) is 8.75. The molecule has 0 aromatic heterocycles. The predicted molar refractivity (Wildman–Crippen MR) is 54.9 cm³/mol. The number of aliphatic hydroxyl groups is 1. The molecule has 14 heavy (non-hydrogen) atoms. The van der Waals surface area contributed by atoms with Crippen molar-refractivity contribution in [3.05, 3.63) is 0 Å². The molecule has 0 aliphatic heterocycles.